The third kappa shape index (κ3) is 3.79. The molecule has 0 amide bonds. The van der Waals surface area contributed by atoms with Crippen LogP contribution in [0.15, 0.2) is 24.5 Å². The van der Waals surface area contributed by atoms with Gasteiger partial charge >= 0.3 is 0 Å². The Hall–Kier alpha value is -0.930. The van der Waals surface area contributed by atoms with Crippen molar-refractivity contribution in [1.29, 1.82) is 0 Å². The molecule has 2 unspecified atom stereocenters. The zero-order valence-electron chi connectivity index (χ0n) is 11.6. The van der Waals surface area contributed by atoms with E-state index in [0.717, 1.165) is 31.8 Å². The largest absolute Gasteiger partial charge is 0.324 e. The fourth-order valence-electron chi connectivity index (χ4n) is 3.24. The van der Waals surface area contributed by atoms with E-state index in [1.54, 1.807) is 0 Å². The van der Waals surface area contributed by atoms with Crippen LogP contribution in [0.1, 0.15) is 38.2 Å². The molecule has 2 atom stereocenters. The highest BCUT2D eigenvalue weighted by atomic mass is 15.1. The van der Waals surface area contributed by atoms with Crippen molar-refractivity contribution in [3.63, 3.8) is 0 Å². The number of likely N-dealkylation sites (N-methyl/N-ethyl adjacent to an activating group) is 1. The summed E-state index contributed by atoms with van der Waals surface area (Å²) in [5.41, 5.74) is 7.87. The van der Waals surface area contributed by atoms with Crippen LogP contribution in [0.25, 0.3) is 0 Å². The van der Waals surface area contributed by atoms with E-state index in [0.29, 0.717) is 0 Å². The summed E-state index contributed by atoms with van der Waals surface area (Å²) in [5.74, 6) is 0.776. The summed E-state index contributed by atoms with van der Waals surface area (Å²) < 4.78 is 0. The summed E-state index contributed by atoms with van der Waals surface area (Å²) in [4.78, 5) is 6.39. The predicted molar refractivity (Wildman–Crippen MR) is 75.1 cm³/mol. The monoisotopic (exact) mass is 247 g/mol. The maximum atomic E-state index is 6.55. The third-order valence-corrected chi connectivity index (χ3v) is 3.91. The Labute approximate surface area is 110 Å². The van der Waals surface area contributed by atoms with E-state index in [4.69, 9.17) is 5.73 Å². The van der Waals surface area contributed by atoms with Gasteiger partial charge in [0, 0.05) is 31.0 Å². The number of nitrogens with zero attached hydrogens (tertiary/aromatic N) is 2. The molecule has 0 radical (unpaired) electrons. The van der Waals surface area contributed by atoms with E-state index in [1.165, 1.54) is 18.4 Å². The number of nitrogens with two attached hydrogens (primary N) is 1. The van der Waals surface area contributed by atoms with Crippen molar-refractivity contribution >= 4 is 0 Å². The number of pyridine rings is 1. The highest BCUT2D eigenvalue weighted by Gasteiger charge is 2.31. The standard InChI is InChI=1S/C15H25N3/c1-13-4-3-7-15(16,10-13)12-18(2)11-14-5-8-17-9-6-14/h5-6,8-9,13H,3-4,7,10-12,16H2,1-2H3. The molecule has 0 aliphatic heterocycles. The van der Waals surface area contributed by atoms with Crippen molar-refractivity contribution in [2.75, 3.05) is 13.6 Å². The zero-order chi connectivity index (χ0) is 13.0. The van der Waals surface area contributed by atoms with Gasteiger partial charge in [-0.1, -0.05) is 19.8 Å². The van der Waals surface area contributed by atoms with Crippen LogP contribution in [-0.4, -0.2) is 29.0 Å². The molecule has 1 aliphatic rings. The van der Waals surface area contributed by atoms with Crippen molar-refractivity contribution in [3.8, 4) is 0 Å². The molecule has 1 aromatic rings. The molecular formula is C15H25N3. The summed E-state index contributed by atoms with van der Waals surface area (Å²) in [7, 11) is 2.16. The zero-order valence-corrected chi connectivity index (χ0v) is 11.6. The molecule has 1 saturated carbocycles. The number of aromatic nitrogens is 1. The Morgan fingerprint density at radius 1 is 1.44 bits per heavy atom. The maximum absolute atomic E-state index is 6.55. The van der Waals surface area contributed by atoms with Crippen LogP contribution in [0.4, 0.5) is 0 Å². The third-order valence-electron chi connectivity index (χ3n) is 3.91. The van der Waals surface area contributed by atoms with E-state index in [1.807, 2.05) is 12.4 Å². The lowest BCUT2D eigenvalue weighted by molar-refractivity contribution is 0.165. The minimum Gasteiger partial charge on any atom is -0.324 e. The maximum Gasteiger partial charge on any atom is 0.0285 e. The van der Waals surface area contributed by atoms with Gasteiger partial charge in [0.15, 0.2) is 0 Å². The Bertz CT molecular complexity index is 365. The van der Waals surface area contributed by atoms with E-state index in [9.17, 15) is 0 Å². The van der Waals surface area contributed by atoms with Gasteiger partial charge in [0.2, 0.25) is 0 Å². The van der Waals surface area contributed by atoms with Gasteiger partial charge in [-0.2, -0.15) is 0 Å². The lowest BCUT2D eigenvalue weighted by atomic mass is 9.77. The lowest BCUT2D eigenvalue weighted by Crippen LogP contribution is -2.51. The van der Waals surface area contributed by atoms with Crippen LogP contribution in [0.2, 0.25) is 0 Å². The Morgan fingerprint density at radius 2 is 2.17 bits per heavy atom. The second kappa shape index (κ2) is 5.81. The van der Waals surface area contributed by atoms with Gasteiger partial charge in [0.1, 0.15) is 0 Å². The average Bonchev–Trinajstić information content (AvgIpc) is 2.28. The van der Waals surface area contributed by atoms with Crippen molar-refractivity contribution in [2.45, 2.75) is 44.7 Å². The molecule has 3 nitrogen and oxygen atoms in total. The SMILES string of the molecule is CC1CCCC(N)(CN(C)Cc2ccncc2)C1. The molecule has 18 heavy (non-hydrogen) atoms. The number of hydrogen-bond acceptors (Lipinski definition) is 3. The number of rotatable bonds is 4. The van der Waals surface area contributed by atoms with Crippen molar-refractivity contribution < 1.29 is 0 Å². The average molecular weight is 247 g/mol. The van der Waals surface area contributed by atoms with Gasteiger partial charge in [-0.3, -0.25) is 4.98 Å². The molecule has 3 heteroatoms. The van der Waals surface area contributed by atoms with Crippen molar-refractivity contribution in [1.82, 2.24) is 9.88 Å². The summed E-state index contributed by atoms with van der Waals surface area (Å²) in [6, 6.07) is 4.15. The molecule has 1 heterocycles. The van der Waals surface area contributed by atoms with E-state index >= 15 is 0 Å². The smallest absolute Gasteiger partial charge is 0.0285 e. The summed E-state index contributed by atoms with van der Waals surface area (Å²) in [6.07, 6.45) is 8.65. The number of hydrogen-bond donors (Lipinski definition) is 1. The fourth-order valence-corrected chi connectivity index (χ4v) is 3.24. The highest BCUT2D eigenvalue weighted by Crippen LogP contribution is 2.31. The molecule has 0 aromatic carbocycles. The van der Waals surface area contributed by atoms with Crippen LogP contribution in [0, 0.1) is 5.92 Å². The topological polar surface area (TPSA) is 42.1 Å². The molecule has 1 aromatic heterocycles. The molecule has 2 N–H and O–H groups in total. The summed E-state index contributed by atoms with van der Waals surface area (Å²) in [5, 5.41) is 0. The molecule has 100 valence electrons. The first-order valence-electron chi connectivity index (χ1n) is 6.94. The van der Waals surface area contributed by atoms with Crippen LogP contribution in [-0.2, 0) is 6.54 Å². The Kier molecular flexibility index (Phi) is 4.36. The Morgan fingerprint density at radius 3 is 2.83 bits per heavy atom. The molecule has 0 spiro atoms. The van der Waals surface area contributed by atoms with Gasteiger partial charge in [-0.05, 0) is 43.5 Å². The van der Waals surface area contributed by atoms with Crippen LogP contribution >= 0.6 is 0 Å². The molecule has 0 bridgehead atoms. The van der Waals surface area contributed by atoms with E-state index in [2.05, 4.69) is 36.0 Å². The summed E-state index contributed by atoms with van der Waals surface area (Å²) >= 11 is 0. The van der Waals surface area contributed by atoms with Crippen molar-refractivity contribution in [2.24, 2.45) is 11.7 Å². The van der Waals surface area contributed by atoms with Gasteiger partial charge in [-0.25, -0.2) is 0 Å². The normalized spacial score (nSPS) is 28.6. The molecule has 1 aliphatic carbocycles. The van der Waals surface area contributed by atoms with Gasteiger partial charge in [0.25, 0.3) is 0 Å². The first-order valence-corrected chi connectivity index (χ1v) is 6.94. The highest BCUT2D eigenvalue weighted by molar-refractivity contribution is 5.09. The van der Waals surface area contributed by atoms with Gasteiger partial charge < -0.3 is 10.6 Å². The minimum absolute atomic E-state index is 0.0133. The van der Waals surface area contributed by atoms with Gasteiger partial charge in [-0.15, -0.1) is 0 Å². The van der Waals surface area contributed by atoms with Crippen LogP contribution < -0.4 is 5.73 Å². The predicted octanol–water partition coefficient (Wildman–Crippen LogP) is 2.42. The second-order valence-electron chi connectivity index (χ2n) is 6.09. The first-order chi connectivity index (χ1) is 8.57. The second-order valence-corrected chi connectivity index (χ2v) is 6.09. The molecular weight excluding hydrogens is 222 g/mol. The lowest BCUT2D eigenvalue weighted by Gasteiger charge is -2.39. The van der Waals surface area contributed by atoms with Crippen LogP contribution in [0.5, 0.6) is 0 Å². The summed E-state index contributed by atoms with van der Waals surface area (Å²) in [6.45, 7) is 4.26. The molecule has 2 rings (SSSR count). The van der Waals surface area contributed by atoms with E-state index in [-0.39, 0.29) is 5.54 Å². The molecule has 0 saturated heterocycles. The Balaban J connectivity index is 1.88. The fraction of sp³-hybridized carbons (Fsp3) is 0.667. The quantitative estimate of drug-likeness (QED) is 0.888. The minimum atomic E-state index is 0.0133. The van der Waals surface area contributed by atoms with Gasteiger partial charge in [0.05, 0.1) is 0 Å². The van der Waals surface area contributed by atoms with Crippen LogP contribution in [0.3, 0.4) is 0 Å². The van der Waals surface area contributed by atoms with E-state index < -0.39 is 0 Å². The van der Waals surface area contributed by atoms with Crippen molar-refractivity contribution in [3.05, 3.63) is 30.1 Å². The first kappa shape index (κ1) is 13.5. The molecule has 1 fully saturated rings.